The first-order chi connectivity index (χ1) is 16.8. The highest BCUT2D eigenvalue weighted by Gasteiger charge is 2.42. The van der Waals surface area contributed by atoms with Gasteiger partial charge < -0.3 is 20.4 Å². The fourth-order valence-electron chi connectivity index (χ4n) is 2.07. The van der Waals surface area contributed by atoms with E-state index in [9.17, 15) is 29.6 Å². The summed E-state index contributed by atoms with van der Waals surface area (Å²) >= 11 is 12.7. The maximum atomic E-state index is 13.5. The Morgan fingerprint density at radius 1 is 0.514 bits per heavy atom. The van der Waals surface area contributed by atoms with E-state index in [4.69, 9.17) is 22.4 Å². The van der Waals surface area contributed by atoms with Crippen LogP contribution in [0.25, 0.3) is 0 Å². The van der Waals surface area contributed by atoms with Gasteiger partial charge in [0, 0.05) is 47.0 Å². The number of hydrogen-bond donors (Lipinski definition) is 4. The standard InChI is InChI=1S/C20H40Br4O11P2/c1-17(25,13-21)5-9-31-36(29,32-10-6-18(2,26)14-22)35-37(30,33-11-7-19(3,27)15-23)34-12-8-20(4,28)16-24/h25-28H,5-16H2,1-4H3/t17-,18-,19-,20-/m0/s1. The molecule has 0 heterocycles. The Morgan fingerprint density at radius 2 is 0.703 bits per heavy atom. The van der Waals surface area contributed by atoms with Crippen LogP contribution in [0.15, 0.2) is 0 Å². The van der Waals surface area contributed by atoms with E-state index in [-0.39, 0.29) is 73.4 Å². The van der Waals surface area contributed by atoms with Gasteiger partial charge in [0.05, 0.1) is 48.8 Å². The van der Waals surface area contributed by atoms with Crippen LogP contribution in [-0.2, 0) is 31.5 Å². The molecule has 0 aromatic rings. The molecule has 0 fully saturated rings. The molecule has 0 bridgehead atoms. The molecule has 0 saturated carbocycles. The van der Waals surface area contributed by atoms with Crippen LogP contribution in [0.3, 0.4) is 0 Å². The van der Waals surface area contributed by atoms with Gasteiger partial charge in [-0.1, -0.05) is 63.7 Å². The van der Waals surface area contributed by atoms with Crippen LogP contribution < -0.4 is 0 Å². The zero-order chi connectivity index (χ0) is 29.0. The zero-order valence-corrected chi connectivity index (χ0v) is 29.7. The Kier molecular flexibility index (Phi) is 18.2. The molecule has 0 radical (unpaired) electrons. The second-order valence-electron chi connectivity index (χ2n) is 9.83. The van der Waals surface area contributed by atoms with Gasteiger partial charge in [-0.25, -0.2) is 9.13 Å². The van der Waals surface area contributed by atoms with Crippen molar-refractivity contribution >= 4 is 79.4 Å². The maximum Gasteiger partial charge on any atom is 0.483 e. The van der Waals surface area contributed by atoms with E-state index in [1.54, 1.807) is 0 Å². The number of halogens is 4. The highest BCUT2D eigenvalue weighted by atomic mass is 79.9. The number of phosphoric ester groups is 2. The maximum absolute atomic E-state index is 13.5. The van der Waals surface area contributed by atoms with Crippen molar-refractivity contribution in [2.45, 2.75) is 75.8 Å². The van der Waals surface area contributed by atoms with Crippen molar-refractivity contribution in [1.82, 2.24) is 0 Å². The Morgan fingerprint density at radius 3 is 0.865 bits per heavy atom. The first-order valence-corrected chi connectivity index (χ1v) is 18.8. The molecule has 11 nitrogen and oxygen atoms in total. The van der Waals surface area contributed by atoms with E-state index in [2.05, 4.69) is 63.7 Å². The smallest absolute Gasteiger partial charge is 0.389 e. The molecule has 0 aliphatic rings. The van der Waals surface area contributed by atoms with E-state index in [1.807, 2.05) is 0 Å². The van der Waals surface area contributed by atoms with Crippen LogP contribution in [0.1, 0.15) is 53.4 Å². The molecule has 0 aliphatic heterocycles. The minimum absolute atomic E-state index is 0.0301. The summed E-state index contributed by atoms with van der Waals surface area (Å²) < 4.78 is 53.6. The van der Waals surface area contributed by atoms with Gasteiger partial charge in [-0.15, -0.1) is 0 Å². The quantitative estimate of drug-likeness (QED) is 0.0814. The lowest BCUT2D eigenvalue weighted by Crippen LogP contribution is -2.29. The van der Waals surface area contributed by atoms with Gasteiger partial charge in [0.25, 0.3) is 0 Å². The third kappa shape index (κ3) is 18.2. The third-order valence-electron chi connectivity index (χ3n) is 4.91. The van der Waals surface area contributed by atoms with Crippen LogP contribution in [0.2, 0.25) is 0 Å². The normalized spacial score (nSPS) is 19.6. The highest BCUT2D eigenvalue weighted by molar-refractivity contribution is 9.09. The third-order valence-corrected chi connectivity index (χ3v) is 13.3. The van der Waals surface area contributed by atoms with Crippen LogP contribution in [0.4, 0.5) is 0 Å². The van der Waals surface area contributed by atoms with Crippen LogP contribution in [0.5, 0.6) is 0 Å². The van der Waals surface area contributed by atoms with Gasteiger partial charge in [0.1, 0.15) is 0 Å². The Bertz CT molecular complexity index is 642. The van der Waals surface area contributed by atoms with Gasteiger partial charge in [0.2, 0.25) is 0 Å². The molecule has 0 rings (SSSR count). The second-order valence-corrected chi connectivity index (χ2v) is 15.5. The van der Waals surface area contributed by atoms with Gasteiger partial charge in [-0.3, -0.25) is 18.1 Å². The molecule has 0 amide bonds. The van der Waals surface area contributed by atoms with Crippen LogP contribution in [0, 0.1) is 0 Å². The van der Waals surface area contributed by atoms with Crippen molar-refractivity contribution in [3.63, 3.8) is 0 Å². The fourth-order valence-corrected chi connectivity index (χ4v) is 6.33. The predicted molar refractivity (Wildman–Crippen MR) is 156 cm³/mol. The van der Waals surface area contributed by atoms with Gasteiger partial charge in [-0.2, -0.15) is 4.31 Å². The zero-order valence-electron chi connectivity index (χ0n) is 21.5. The van der Waals surface area contributed by atoms with E-state index < -0.39 is 38.0 Å². The fraction of sp³-hybridized carbons (Fsp3) is 1.00. The summed E-state index contributed by atoms with van der Waals surface area (Å²) in [7, 11) is -9.24. The minimum Gasteiger partial charge on any atom is -0.389 e. The number of aliphatic hydroxyl groups is 4. The first kappa shape index (κ1) is 39.0. The number of phosphoric acid groups is 2. The number of rotatable bonds is 22. The van der Waals surface area contributed by atoms with Crippen molar-refractivity contribution in [2.75, 3.05) is 47.7 Å². The minimum atomic E-state index is -4.62. The monoisotopic (exact) mass is 834 g/mol. The molecule has 0 aromatic heterocycles. The number of hydrogen-bond acceptors (Lipinski definition) is 11. The lowest BCUT2D eigenvalue weighted by Gasteiger charge is -2.27. The van der Waals surface area contributed by atoms with Crippen molar-refractivity contribution in [1.29, 1.82) is 0 Å². The number of alkyl halides is 4. The van der Waals surface area contributed by atoms with Crippen molar-refractivity contribution in [2.24, 2.45) is 0 Å². The largest absolute Gasteiger partial charge is 0.483 e. The summed E-state index contributed by atoms with van der Waals surface area (Å²) in [4.78, 5) is 0. The molecule has 0 saturated heterocycles. The topological polar surface area (TPSA) is 161 Å². The van der Waals surface area contributed by atoms with Gasteiger partial charge >= 0.3 is 15.6 Å². The first-order valence-electron chi connectivity index (χ1n) is 11.4. The van der Waals surface area contributed by atoms with Gasteiger partial charge in [-0.05, 0) is 27.7 Å². The van der Waals surface area contributed by atoms with Crippen LogP contribution >= 0.6 is 79.4 Å². The Labute approximate surface area is 253 Å². The van der Waals surface area contributed by atoms with Crippen molar-refractivity contribution < 1.29 is 52.0 Å². The van der Waals surface area contributed by atoms with Gasteiger partial charge in [0.15, 0.2) is 0 Å². The second kappa shape index (κ2) is 17.2. The summed E-state index contributed by atoms with van der Waals surface area (Å²) in [6.07, 6.45) is 0.120. The molecule has 4 atom stereocenters. The summed E-state index contributed by atoms with van der Waals surface area (Å²) in [5.74, 6) is 0. The average Bonchev–Trinajstić information content (AvgIpc) is 2.78. The van der Waals surface area contributed by atoms with Crippen molar-refractivity contribution in [3.8, 4) is 0 Å². The van der Waals surface area contributed by atoms with Crippen LogP contribution in [-0.4, -0.2) is 90.6 Å². The predicted octanol–water partition coefficient (Wildman–Crippen LogP) is 5.43. The lowest BCUT2D eigenvalue weighted by atomic mass is 10.1. The molecule has 0 unspecified atom stereocenters. The molecule has 4 N–H and O–H groups in total. The molecule has 224 valence electrons. The molecule has 37 heavy (non-hydrogen) atoms. The Hall–Kier alpha value is 2.02. The molecule has 0 aromatic carbocycles. The highest BCUT2D eigenvalue weighted by Crippen LogP contribution is 2.66. The Balaban J connectivity index is 5.74. The summed E-state index contributed by atoms with van der Waals surface area (Å²) in [5.41, 5.74) is -4.76. The van der Waals surface area contributed by atoms with Crippen molar-refractivity contribution in [3.05, 3.63) is 0 Å². The summed E-state index contributed by atoms with van der Waals surface area (Å²) in [6.45, 7) is 4.98. The molecular formula is C20H40Br4O11P2. The summed E-state index contributed by atoms with van der Waals surface area (Å²) in [5, 5.41) is 41.7. The lowest BCUT2D eigenvalue weighted by molar-refractivity contribution is 0.0309. The van der Waals surface area contributed by atoms with E-state index in [1.165, 1.54) is 27.7 Å². The van der Waals surface area contributed by atoms with E-state index in [0.29, 0.717) is 0 Å². The molecular weight excluding hydrogens is 798 g/mol. The molecule has 0 spiro atoms. The average molecular weight is 838 g/mol. The summed E-state index contributed by atoms with van der Waals surface area (Å²) in [6, 6.07) is 0. The van der Waals surface area contributed by atoms with E-state index >= 15 is 0 Å². The SMILES string of the molecule is C[C@@](O)(CBr)CCOP(=O)(OCC[C@](C)(O)CBr)OP(=O)(OCC[C@](C)(O)CBr)OCC[C@](C)(O)CBr. The van der Waals surface area contributed by atoms with E-state index in [0.717, 1.165) is 0 Å². The molecule has 0 aliphatic carbocycles. The molecule has 17 heteroatoms.